The van der Waals surface area contributed by atoms with E-state index in [0.717, 1.165) is 24.5 Å². The van der Waals surface area contributed by atoms with Gasteiger partial charge in [0.2, 0.25) is 0 Å². The Morgan fingerprint density at radius 1 is 1.36 bits per heavy atom. The number of rotatable bonds is 7. The highest BCUT2D eigenvalue weighted by atomic mass is 16.6. The minimum Gasteiger partial charge on any atom is -0.395 e. The van der Waals surface area contributed by atoms with Gasteiger partial charge in [-0.15, -0.1) is 5.10 Å². The monoisotopic (exact) mass is 384 g/mol. The zero-order chi connectivity index (χ0) is 19.7. The highest BCUT2D eigenvalue weighted by molar-refractivity contribution is 5.91. The fourth-order valence-electron chi connectivity index (χ4n) is 2.83. The van der Waals surface area contributed by atoms with E-state index in [1.807, 2.05) is 6.07 Å². The van der Waals surface area contributed by atoms with Crippen molar-refractivity contribution in [1.29, 1.82) is 0 Å². The van der Waals surface area contributed by atoms with Gasteiger partial charge < -0.3 is 9.73 Å². The minimum atomic E-state index is -0.721. The molecule has 1 saturated carbocycles. The maximum atomic E-state index is 12.7. The second-order valence-electron chi connectivity index (χ2n) is 6.32. The van der Waals surface area contributed by atoms with Crippen LogP contribution in [-0.4, -0.2) is 36.7 Å². The Labute approximate surface area is 157 Å². The van der Waals surface area contributed by atoms with Crippen LogP contribution >= 0.6 is 0 Å². The largest absolute Gasteiger partial charge is 0.433 e. The lowest BCUT2D eigenvalue weighted by Crippen LogP contribution is -2.32. The third-order valence-electron chi connectivity index (χ3n) is 4.31. The molecule has 0 bridgehead atoms. The first kappa shape index (κ1) is 17.6. The Morgan fingerprint density at radius 3 is 2.82 bits per heavy atom. The van der Waals surface area contributed by atoms with Crippen LogP contribution in [0.25, 0.3) is 11.4 Å². The molecule has 1 aliphatic rings. The molecule has 4 rings (SSSR count). The summed E-state index contributed by atoms with van der Waals surface area (Å²) in [6.45, 7) is 0.266. The molecule has 1 aliphatic carbocycles. The predicted molar refractivity (Wildman–Crippen MR) is 95.7 cm³/mol. The van der Waals surface area contributed by atoms with E-state index in [0.29, 0.717) is 5.82 Å². The van der Waals surface area contributed by atoms with Crippen LogP contribution in [0.3, 0.4) is 0 Å². The summed E-state index contributed by atoms with van der Waals surface area (Å²) < 4.78 is 7.81. The number of furan rings is 1. The number of pyridine rings is 1. The quantitative estimate of drug-likeness (QED) is 0.479. The molecule has 1 fully saturated rings. The van der Waals surface area contributed by atoms with E-state index in [9.17, 15) is 19.7 Å². The van der Waals surface area contributed by atoms with E-state index >= 15 is 0 Å². The standard InChI is InChI=1S/C17H16N6O5/c24-16(13-5-6-14(28-13)23(26)27)19-8-9-21-17(25)22(12-3-4-12)15(20-21)11-2-1-7-18-10-11/h1-2,5-7,10,12H,3-4,8-9H2,(H,19,24). The lowest BCUT2D eigenvalue weighted by molar-refractivity contribution is -0.402. The van der Waals surface area contributed by atoms with Crippen LogP contribution < -0.4 is 11.0 Å². The highest BCUT2D eigenvalue weighted by Gasteiger charge is 2.30. The highest BCUT2D eigenvalue weighted by Crippen LogP contribution is 2.36. The first-order valence-corrected chi connectivity index (χ1v) is 8.67. The van der Waals surface area contributed by atoms with Gasteiger partial charge in [-0.1, -0.05) is 0 Å². The van der Waals surface area contributed by atoms with Crippen molar-refractivity contribution in [3.05, 3.63) is 63.0 Å². The van der Waals surface area contributed by atoms with Crippen molar-refractivity contribution < 1.29 is 14.1 Å². The summed E-state index contributed by atoms with van der Waals surface area (Å²) in [6, 6.07) is 6.08. The third kappa shape index (κ3) is 3.41. The van der Waals surface area contributed by atoms with Gasteiger partial charge in [-0.05, 0) is 31.0 Å². The number of hydrogen-bond acceptors (Lipinski definition) is 7. The Morgan fingerprint density at radius 2 is 2.18 bits per heavy atom. The molecule has 0 unspecified atom stereocenters. The van der Waals surface area contributed by atoms with Crippen LogP contribution in [0, 0.1) is 10.1 Å². The van der Waals surface area contributed by atoms with Gasteiger partial charge in [-0.3, -0.25) is 24.5 Å². The van der Waals surface area contributed by atoms with Crippen molar-refractivity contribution in [3.8, 4) is 11.4 Å². The molecule has 0 radical (unpaired) electrons. The molecule has 1 amide bonds. The third-order valence-corrected chi connectivity index (χ3v) is 4.31. The van der Waals surface area contributed by atoms with Crippen molar-refractivity contribution in [3.63, 3.8) is 0 Å². The van der Waals surface area contributed by atoms with E-state index < -0.39 is 16.7 Å². The second-order valence-corrected chi connectivity index (χ2v) is 6.32. The Hall–Kier alpha value is -3.76. The number of aromatic nitrogens is 4. The molecule has 11 heteroatoms. The molecule has 0 spiro atoms. The molecule has 11 nitrogen and oxygen atoms in total. The van der Waals surface area contributed by atoms with Crippen LogP contribution in [0.2, 0.25) is 0 Å². The predicted octanol–water partition coefficient (Wildman–Crippen LogP) is 1.37. The first-order chi connectivity index (χ1) is 13.5. The molecule has 1 N–H and O–H groups in total. The Balaban J connectivity index is 1.47. The van der Waals surface area contributed by atoms with Crippen LogP contribution in [0.4, 0.5) is 5.88 Å². The van der Waals surface area contributed by atoms with Crippen LogP contribution in [0.1, 0.15) is 29.4 Å². The van der Waals surface area contributed by atoms with Crippen LogP contribution in [-0.2, 0) is 6.54 Å². The Kier molecular flexibility index (Phi) is 4.47. The average molecular weight is 384 g/mol. The number of nitro groups is 1. The van der Waals surface area contributed by atoms with Gasteiger partial charge in [-0.25, -0.2) is 9.48 Å². The maximum absolute atomic E-state index is 12.7. The van der Waals surface area contributed by atoms with Gasteiger partial charge in [0.05, 0.1) is 12.6 Å². The summed E-state index contributed by atoms with van der Waals surface area (Å²) in [6.07, 6.45) is 5.14. The summed E-state index contributed by atoms with van der Waals surface area (Å²) in [7, 11) is 0. The smallest absolute Gasteiger partial charge is 0.395 e. The fourth-order valence-corrected chi connectivity index (χ4v) is 2.83. The lowest BCUT2D eigenvalue weighted by Gasteiger charge is -2.02. The molecule has 144 valence electrons. The van der Waals surface area contributed by atoms with E-state index in [4.69, 9.17) is 4.42 Å². The molecule has 28 heavy (non-hydrogen) atoms. The van der Waals surface area contributed by atoms with E-state index in [1.165, 1.54) is 10.7 Å². The van der Waals surface area contributed by atoms with Gasteiger partial charge in [0.1, 0.15) is 4.92 Å². The molecule has 3 aromatic rings. The number of carbonyl (C=O) groups excluding carboxylic acids is 1. The summed E-state index contributed by atoms with van der Waals surface area (Å²) in [5.74, 6) is -0.729. The van der Waals surface area contributed by atoms with Crippen molar-refractivity contribution in [1.82, 2.24) is 24.6 Å². The molecule has 0 aliphatic heterocycles. The number of hydrogen-bond donors (Lipinski definition) is 1. The van der Waals surface area contributed by atoms with Crippen molar-refractivity contribution in [2.45, 2.75) is 25.4 Å². The van der Waals surface area contributed by atoms with Crippen LogP contribution in [0.5, 0.6) is 0 Å². The Bertz CT molecular complexity index is 1080. The average Bonchev–Trinajstić information content (AvgIpc) is 3.29. The number of amides is 1. The molecule has 3 aromatic heterocycles. The summed E-state index contributed by atoms with van der Waals surface area (Å²) >= 11 is 0. The first-order valence-electron chi connectivity index (χ1n) is 8.67. The zero-order valence-electron chi connectivity index (χ0n) is 14.6. The van der Waals surface area contributed by atoms with Gasteiger partial charge in [-0.2, -0.15) is 0 Å². The lowest BCUT2D eigenvalue weighted by atomic mass is 10.3. The van der Waals surface area contributed by atoms with Crippen molar-refractivity contribution >= 4 is 11.8 Å². The van der Waals surface area contributed by atoms with Gasteiger partial charge in [0.15, 0.2) is 11.6 Å². The maximum Gasteiger partial charge on any atom is 0.433 e. The summed E-state index contributed by atoms with van der Waals surface area (Å²) in [5, 5.41) is 17.6. The molecular weight excluding hydrogens is 368 g/mol. The van der Waals surface area contributed by atoms with E-state index in [-0.39, 0.29) is 30.6 Å². The normalized spacial score (nSPS) is 13.4. The molecule has 0 atom stereocenters. The number of nitrogens with one attached hydrogen (secondary N) is 1. The second kappa shape index (κ2) is 7.10. The van der Waals surface area contributed by atoms with Crippen molar-refractivity contribution in [2.75, 3.05) is 6.54 Å². The number of nitrogens with zero attached hydrogens (tertiary/aromatic N) is 5. The topological polar surface area (TPSA) is 138 Å². The van der Waals surface area contributed by atoms with Crippen LogP contribution in [0.15, 0.2) is 45.9 Å². The molecule has 3 heterocycles. The van der Waals surface area contributed by atoms with Gasteiger partial charge in [0, 0.05) is 30.5 Å². The zero-order valence-corrected chi connectivity index (χ0v) is 14.6. The van der Waals surface area contributed by atoms with Gasteiger partial charge >= 0.3 is 11.6 Å². The van der Waals surface area contributed by atoms with Gasteiger partial charge in [0.25, 0.3) is 5.91 Å². The molecular formula is C17H16N6O5. The number of carbonyl (C=O) groups is 1. The van der Waals surface area contributed by atoms with E-state index in [2.05, 4.69) is 15.4 Å². The van der Waals surface area contributed by atoms with Crippen molar-refractivity contribution in [2.24, 2.45) is 0 Å². The molecule has 0 aromatic carbocycles. The fraction of sp³-hybridized carbons (Fsp3) is 0.294. The minimum absolute atomic E-state index is 0.112. The van der Waals surface area contributed by atoms with E-state index in [1.54, 1.807) is 23.0 Å². The summed E-state index contributed by atoms with van der Waals surface area (Å²) in [4.78, 5) is 38.7. The summed E-state index contributed by atoms with van der Waals surface area (Å²) in [5.41, 5.74) is 0.501. The SMILES string of the molecule is O=C(NCCn1nc(-c2cccnc2)n(C2CC2)c1=O)c1ccc([N+](=O)[O-])o1. The molecule has 0 saturated heterocycles.